The Bertz CT molecular complexity index is 1250. The van der Waals surface area contributed by atoms with Crippen LogP contribution in [0.4, 0.5) is 17.1 Å². The van der Waals surface area contributed by atoms with E-state index in [9.17, 15) is 9.59 Å². The molecule has 2 aliphatic rings. The highest BCUT2D eigenvalue weighted by Gasteiger charge is 2.28. The first-order chi connectivity index (χ1) is 17.5. The van der Waals surface area contributed by atoms with Crippen molar-refractivity contribution in [3.63, 3.8) is 0 Å². The summed E-state index contributed by atoms with van der Waals surface area (Å²) in [5.41, 5.74) is 3.77. The average Bonchev–Trinajstić information content (AvgIpc) is 3.54. The lowest BCUT2D eigenvalue weighted by atomic mass is 9.97. The third-order valence-electron chi connectivity index (χ3n) is 6.88. The minimum Gasteiger partial charge on any atom is -0.474 e. The summed E-state index contributed by atoms with van der Waals surface area (Å²) in [6.45, 7) is 3.10. The van der Waals surface area contributed by atoms with E-state index in [4.69, 9.17) is 4.74 Å². The summed E-state index contributed by atoms with van der Waals surface area (Å²) < 4.78 is 7.38. The molecule has 1 aliphatic heterocycles. The number of fused-ring (bicyclic) bond motifs is 1. The Kier molecular flexibility index (Phi) is 6.88. The van der Waals surface area contributed by atoms with Gasteiger partial charge in [0.05, 0.1) is 18.4 Å². The van der Waals surface area contributed by atoms with Crippen molar-refractivity contribution in [2.75, 3.05) is 23.4 Å². The summed E-state index contributed by atoms with van der Waals surface area (Å²) in [6, 6.07) is 10.8. The molecule has 36 heavy (non-hydrogen) atoms. The van der Waals surface area contributed by atoms with Crippen molar-refractivity contribution in [3.8, 4) is 5.88 Å². The Balaban J connectivity index is 1.34. The van der Waals surface area contributed by atoms with Gasteiger partial charge in [0, 0.05) is 30.2 Å². The number of hydrogen-bond donors (Lipinski definition) is 2. The van der Waals surface area contributed by atoms with Gasteiger partial charge < -0.3 is 20.3 Å². The molecule has 0 saturated heterocycles. The number of hydrogen-bond acceptors (Lipinski definition) is 6. The van der Waals surface area contributed by atoms with Gasteiger partial charge in [0.2, 0.25) is 11.8 Å². The number of anilines is 3. The van der Waals surface area contributed by atoms with Crippen LogP contribution < -0.4 is 20.3 Å². The maximum Gasteiger partial charge on any atom is 0.252 e. The van der Waals surface area contributed by atoms with Gasteiger partial charge in [0.25, 0.3) is 5.91 Å². The lowest BCUT2D eigenvalue weighted by Crippen LogP contribution is -2.44. The molecule has 1 saturated carbocycles. The molecule has 9 nitrogen and oxygen atoms in total. The van der Waals surface area contributed by atoms with Gasteiger partial charge in [-0.25, -0.2) is 4.98 Å². The second-order valence-electron chi connectivity index (χ2n) is 9.63. The molecule has 0 spiro atoms. The first-order valence-electron chi connectivity index (χ1n) is 12.5. The number of pyridine rings is 1. The van der Waals surface area contributed by atoms with E-state index in [0.717, 1.165) is 29.9 Å². The maximum atomic E-state index is 13.4. The molecule has 1 aromatic carbocycles. The lowest BCUT2D eigenvalue weighted by molar-refractivity contribution is -0.118. The zero-order valence-electron chi connectivity index (χ0n) is 20.7. The van der Waals surface area contributed by atoms with Crippen LogP contribution in [0.3, 0.4) is 0 Å². The normalized spacial score (nSPS) is 16.2. The van der Waals surface area contributed by atoms with Crippen molar-refractivity contribution in [2.45, 2.75) is 45.1 Å². The van der Waals surface area contributed by atoms with E-state index in [1.54, 1.807) is 30.2 Å². The summed E-state index contributed by atoms with van der Waals surface area (Å²) in [5.74, 6) is 0.543. The molecule has 0 bridgehead atoms. The third-order valence-corrected chi connectivity index (χ3v) is 6.88. The van der Waals surface area contributed by atoms with E-state index in [1.165, 1.54) is 12.8 Å². The molecule has 1 fully saturated rings. The monoisotopic (exact) mass is 488 g/mol. The van der Waals surface area contributed by atoms with Crippen LogP contribution >= 0.6 is 0 Å². The topological polar surface area (TPSA) is 101 Å². The van der Waals surface area contributed by atoms with Crippen molar-refractivity contribution < 1.29 is 14.3 Å². The number of aromatic nitrogens is 3. The van der Waals surface area contributed by atoms with Gasteiger partial charge in [0.1, 0.15) is 18.3 Å². The second-order valence-corrected chi connectivity index (χ2v) is 9.63. The van der Waals surface area contributed by atoms with Crippen LogP contribution in [-0.4, -0.2) is 45.8 Å². The van der Waals surface area contributed by atoms with Gasteiger partial charge in [-0.2, -0.15) is 5.10 Å². The number of aryl methyl sites for hydroxylation is 2. The number of carbonyl (C=O) groups is 2. The van der Waals surface area contributed by atoms with Crippen molar-refractivity contribution in [3.05, 3.63) is 60.0 Å². The van der Waals surface area contributed by atoms with E-state index in [1.807, 2.05) is 37.3 Å². The maximum absolute atomic E-state index is 13.4. The molecule has 2 N–H and O–H groups in total. The average molecular weight is 489 g/mol. The third kappa shape index (κ3) is 5.35. The zero-order valence-corrected chi connectivity index (χ0v) is 20.7. The fourth-order valence-electron chi connectivity index (χ4n) is 5.04. The summed E-state index contributed by atoms with van der Waals surface area (Å²) in [4.78, 5) is 33.1. The van der Waals surface area contributed by atoms with E-state index >= 15 is 0 Å². The standard InChI is InChI=1S/C27H32N6O3/c1-18-10-11-24-27(29-18)36-13-12-33(24)22-9-5-8-20(15-22)25(34)31-23(14-19-6-3-4-7-19)26(35)30-21-16-28-32(2)17-21/h5,8-11,15-17,19,23H,3-4,6-7,12-14H2,1-2H3,(H,30,35)(H,31,34)/t23-/m0/s1. The fourth-order valence-corrected chi connectivity index (χ4v) is 5.04. The van der Waals surface area contributed by atoms with E-state index in [2.05, 4.69) is 25.6 Å². The number of nitrogens with one attached hydrogen (secondary N) is 2. The predicted molar refractivity (Wildman–Crippen MR) is 138 cm³/mol. The largest absolute Gasteiger partial charge is 0.474 e. The summed E-state index contributed by atoms with van der Waals surface area (Å²) in [5, 5.41) is 10.0. The Morgan fingerprint density at radius 3 is 2.81 bits per heavy atom. The lowest BCUT2D eigenvalue weighted by Gasteiger charge is -2.31. The van der Waals surface area contributed by atoms with Gasteiger partial charge >= 0.3 is 0 Å². The van der Waals surface area contributed by atoms with Crippen LogP contribution in [0, 0.1) is 12.8 Å². The molecule has 5 rings (SSSR count). The molecule has 0 radical (unpaired) electrons. The first-order valence-corrected chi connectivity index (χ1v) is 12.5. The van der Waals surface area contributed by atoms with Crippen LogP contribution in [0.1, 0.15) is 48.2 Å². The second kappa shape index (κ2) is 10.4. The number of carbonyl (C=O) groups excluding carboxylic acids is 2. The van der Waals surface area contributed by atoms with Crippen molar-refractivity contribution in [1.29, 1.82) is 0 Å². The van der Waals surface area contributed by atoms with E-state index in [0.29, 0.717) is 42.6 Å². The molecule has 3 aromatic rings. The Labute approximate surface area is 210 Å². The van der Waals surface area contributed by atoms with Gasteiger partial charge in [-0.1, -0.05) is 31.7 Å². The first kappa shape index (κ1) is 23.8. The number of rotatable bonds is 7. The minimum atomic E-state index is -0.624. The summed E-state index contributed by atoms with van der Waals surface area (Å²) >= 11 is 0. The van der Waals surface area contributed by atoms with Gasteiger partial charge in [0.15, 0.2) is 0 Å². The highest BCUT2D eigenvalue weighted by atomic mass is 16.5. The molecular formula is C27H32N6O3. The summed E-state index contributed by atoms with van der Waals surface area (Å²) in [7, 11) is 1.80. The highest BCUT2D eigenvalue weighted by molar-refractivity contribution is 6.01. The number of benzene rings is 1. The van der Waals surface area contributed by atoms with Crippen LogP contribution in [0.5, 0.6) is 5.88 Å². The van der Waals surface area contributed by atoms with Crippen LogP contribution in [0.25, 0.3) is 0 Å². The van der Waals surface area contributed by atoms with Crippen molar-refractivity contribution in [1.82, 2.24) is 20.1 Å². The molecule has 1 aliphatic carbocycles. The van der Waals surface area contributed by atoms with Crippen molar-refractivity contribution >= 4 is 28.9 Å². The molecule has 2 amide bonds. The van der Waals surface area contributed by atoms with Crippen LogP contribution in [0.15, 0.2) is 48.8 Å². The Hall–Kier alpha value is -3.88. The smallest absolute Gasteiger partial charge is 0.252 e. The highest BCUT2D eigenvalue weighted by Crippen LogP contribution is 2.35. The molecule has 2 aromatic heterocycles. The van der Waals surface area contributed by atoms with Gasteiger partial charge in [-0.3, -0.25) is 14.3 Å². The zero-order chi connectivity index (χ0) is 25.1. The quantitative estimate of drug-likeness (QED) is 0.522. The van der Waals surface area contributed by atoms with E-state index in [-0.39, 0.29) is 11.8 Å². The minimum absolute atomic E-state index is 0.219. The molecule has 1 atom stereocenters. The van der Waals surface area contributed by atoms with Crippen LogP contribution in [0.2, 0.25) is 0 Å². The van der Waals surface area contributed by atoms with Gasteiger partial charge in [-0.05, 0) is 49.6 Å². The molecule has 0 unspecified atom stereocenters. The van der Waals surface area contributed by atoms with Gasteiger partial charge in [-0.15, -0.1) is 0 Å². The van der Waals surface area contributed by atoms with E-state index < -0.39 is 6.04 Å². The molecular weight excluding hydrogens is 456 g/mol. The molecule has 188 valence electrons. The molecule has 9 heteroatoms. The molecule has 3 heterocycles. The number of nitrogens with zero attached hydrogens (tertiary/aromatic N) is 4. The Morgan fingerprint density at radius 2 is 2.03 bits per heavy atom. The van der Waals surface area contributed by atoms with Crippen LogP contribution in [-0.2, 0) is 11.8 Å². The number of amides is 2. The SMILES string of the molecule is Cc1ccc2c(n1)OCCN2c1cccc(C(=O)N[C@@H](CC2CCCC2)C(=O)Nc2cnn(C)c2)c1. The summed E-state index contributed by atoms with van der Waals surface area (Å²) in [6.07, 6.45) is 8.50. The fraction of sp³-hybridized carbons (Fsp3) is 0.407. The van der Waals surface area contributed by atoms with Crippen molar-refractivity contribution in [2.24, 2.45) is 13.0 Å². The number of ether oxygens (including phenoxy) is 1. The Morgan fingerprint density at radius 1 is 1.19 bits per heavy atom. The predicted octanol–water partition coefficient (Wildman–Crippen LogP) is 3.97.